The summed E-state index contributed by atoms with van der Waals surface area (Å²) < 4.78 is 9.58. The molecule has 18 rings (SSSR count). The molecule has 0 fully saturated rings. The first-order valence-electron chi connectivity index (χ1n) is 29.3. The van der Waals surface area contributed by atoms with E-state index in [0.717, 1.165) is 101 Å². The molecule has 7 heteroatoms. The highest BCUT2D eigenvalue weighted by Crippen LogP contribution is 2.43. The second-order valence-corrected chi connectivity index (χ2v) is 22.3. The van der Waals surface area contributed by atoms with Gasteiger partial charge in [0, 0.05) is 94.3 Å². The van der Waals surface area contributed by atoms with Crippen LogP contribution in [0.2, 0.25) is 0 Å². The van der Waals surface area contributed by atoms with Gasteiger partial charge in [0.25, 0.3) is 0 Å². The quantitative estimate of drug-likeness (QED) is 0.152. The number of pyridine rings is 1. The summed E-state index contributed by atoms with van der Waals surface area (Å²) in [6.45, 7) is 0. The number of hydrogen-bond donors (Lipinski definition) is 0. The monoisotopic (exact) mass is 1100 g/mol. The van der Waals surface area contributed by atoms with Crippen LogP contribution in [0, 0.1) is 0 Å². The topological polar surface area (TPSA) is 58.4 Å². The number of benzene rings is 12. The molecule has 0 atom stereocenters. The van der Waals surface area contributed by atoms with Gasteiger partial charge < -0.3 is 18.3 Å². The Kier molecular flexibility index (Phi) is 10.6. The smallest absolute Gasteiger partial charge is 0.116 e. The van der Waals surface area contributed by atoms with Gasteiger partial charge in [0.15, 0.2) is 0 Å². The molecule has 0 bridgehead atoms. The summed E-state index contributed by atoms with van der Waals surface area (Å²) in [5.41, 5.74) is 22.2. The number of aromatic nitrogens is 7. The zero-order valence-corrected chi connectivity index (χ0v) is 46.4. The first kappa shape index (κ1) is 47.9. The Labute approximate surface area is 493 Å². The molecule has 7 nitrogen and oxygen atoms in total. The average molecular weight is 1100 g/mol. The van der Waals surface area contributed by atoms with Crippen LogP contribution >= 0.6 is 0 Å². The highest BCUT2D eigenvalue weighted by atomic mass is 15.0. The minimum Gasteiger partial charge on any atom is -0.309 e. The molecule has 0 N–H and O–H groups in total. The van der Waals surface area contributed by atoms with E-state index >= 15 is 0 Å². The zero-order valence-electron chi connectivity index (χ0n) is 46.4. The normalized spacial score (nSPS) is 12.0. The predicted octanol–water partition coefficient (Wildman–Crippen LogP) is 20.1. The number of rotatable bonds is 8. The molecule has 0 radical (unpaired) electrons. The Morgan fingerprint density at radius 3 is 0.942 bits per heavy atom. The van der Waals surface area contributed by atoms with Crippen LogP contribution in [-0.2, 0) is 0 Å². The van der Waals surface area contributed by atoms with Gasteiger partial charge in [-0.2, -0.15) is 0 Å². The van der Waals surface area contributed by atoms with Gasteiger partial charge in [-0.05, 0) is 103 Å². The van der Waals surface area contributed by atoms with Crippen molar-refractivity contribution in [2.45, 2.75) is 0 Å². The van der Waals surface area contributed by atoms with E-state index in [1.807, 2.05) is 18.3 Å². The van der Waals surface area contributed by atoms with Crippen LogP contribution in [0.15, 0.2) is 297 Å². The second kappa shape index (κ2) is 18.9. The zero-order chi connectivity index (χ0) is 56.4. The van der Waals surface area contributed by atoms with Crippen LogP contribution < -0.4 is 0 Å². The van der Waals surface area contributed by atoms with Crippen molar-refractivity contribution in [1.29, 1.82) is 0 Å². The molecule has 6 heterocycles. The summed E-state index contributed by atoms with van der Waals surface area (Å²) >= 11 is 0. The largest absolute Gasteiger partial charge is 0.309 e. The standard InChI is InChI=1S/C79H49N7/c1-3-21-50(22-4-1)76-77(51-23-5-2-6-24-51)82-79-75(53-26-20-28-55(46-53)84-72-40-18-12-34-63(72)65-48-57(42-44-74(65)84)86-69-37-15-9-31-60(69)61-32-10-16-38-70(61)86)80-49-66(78(79)81-76)52-25-19-27-54(45-52)83-71-39-17-11-33-62(71)64-47-56(41-43-73(64)83)85-67-35-13-7-29-58(67)59-30-8-14-36-68(59)85/h1-49H. The maximum atomic E-state index is 5.76. The fourth-order valence-electron chi connectivity index (χ4n) is 13.8. The Balaban J connectivity index is 0.816. The summed E-state index contributed by atoms with van der Waals surface area (Å²) in [7, 11) is 0. The van der Waals surface area contributed by atoms with Crippen LogP contribution in [0.25, 0.3) is 166 Å². The highest BCUT2D eigenvalue weighted by molar-refractivity contribution is 6.14. The highest BCUT2D eigenvalue weighted by Gasteiger charge is 2.24. The molecule has 12 aromatic carbocycles. The van der Waals surface area contributed by atoms with E-state index in [1.165, 1.54) is 65.2 Å². The average Bonchev–Trinajstić information content (AvgIpc) is 1.82. The van der Waals surface area contributed by atoms with Crippen molar-refractivity contribution < 1.29 is 0 Å². The van der Waals surface area contributed by atoms with Crippen LogP contribution in [0.1, 0.15) is 0 Å². The SMILES string of the molecule is c1ccc(-c2nc3c(-c4cccc(-n5c6ccccc6c6cc(-n7c8ccccc8c8ccccc87)ccc65)c4)cnc(-c4cccc(-n5c6ccccc6c6cc(-n7c8ccccc8c8ccccc87)ccc65)c4)c3nc2-c2ccccc2)cc1. The summed E-state index contributed by atoms with van der Waals surface area (Å²) in [6.07, 6.45) is 2.01. The maximum absolute atomic E-state index is 5.76. The molecule has 0 saturated heterocycles. The predicted molar refractivity (Wildman–Crippen MR) is 356 cm³/mol. The van der Waals surface area contributed by atoms with Gasteiger partial charge in [-0.3, -0.25) is 4.98 Å². The molecule has 0 saturated carbocycles. The van der Waals surface area contributed by atoms with E-state index in [2.05, 4.69) is 297 Å². The van der Waals surface area contributed by atoms with Crippen molar-refractivity contribution in [3.05, 3.63) is 297 Å². The third kappa shape index (κ3) is 7.25. The minimum absolute atomic E-state index is 0.719. The van der Waals surface area contributed by atoms with Crippen molar-refractivity contribution in [3.63, 3.8) is 0 Å². The van der Waals surface area contributed by atoms with Gasteiger partial charge in [-0.15, -0.1) is 0 Å². The van der Waals surface area contributed by atoms with E-state index in [-0.39, 0.29) is 0 Å². The van der Waals surface area contributed by atoms with Crippen LogP contribution in [0.3, 0.4) is 0 Å². The molecular weight excluding hydrogens is 1050 g/mol. The van der Waals surface area contributed by atoms with Gasteiger partial charge >= 0.3 is 0 Å². The molecule has 0 unspecified atom stereocenters. The molecule has 0 amide bonds. The molecular formula is C79H49N7. The minimum atomic E-state index is 0.719. The summed E-state index contributed by atoms with van der Waals surface area (Å²) in [6, 6.07) is 105. The number of nitrogens with zero attached hydrogens (tertiary/aromatic N) is 7. The van der Waals surface area contributed by atoms with Crippen LogP contribution in [0.4, 0.5) is 0 Å². The third-order valence-corrected chi connectivity index (χ3v) is 17.6. The van der Waals surface area contributed by atoms with Crippen molar-refractivity contribution in [2.24, 2.45) is 0 Å². The van der Waals surface area contributed by atoms with Crippen LogP contribution in [0.5, 0.6) is 0 Å². The van der Waals surface area contributed by atoms with E-state index in [0.29, 0.717) is 0 Å². The second-order valence-electron chi connectivity index (χ2n) is 22.3. The van der Waals surface area contributed by atoms with Gasteiger partial charge in [0.1, 0.15) is 11.0 Å². The van der Waals surface area contributed by atoms with Crippen molar-refractivity contribution in [2.75, 3.05) is 0 Å². The van der Waals surface area contributed by atoms with Crippen molar-refractivity contribution >= 4 is 98.3 Å². The van der Waals surface area contributed by atoms with Crippen molar-refractivity contribution in [3.8, 4) is 67.6 Å². The van der Waals surface area contributed by atoms with Crippen LogP contribution in [-0.4, -0.2) is 33.2 Å². The molecule has 0 spiro atoms. The maximum Gasteiger partial charge on any atom is 0.116 e. The summed E-state index contributed by atoms with van der Waals surface area (Å²) in [4.78, 5) is 17.0. The van der Waals surface area contributed by atoms with E-state index in [1.54, 1.807) is 0 Å². The molecule has 18 aromatic rings. The molecule has 400 valence electrons. The lowest BCUT2D eigenvalue weighted by Gasteiger charge is -2.17. The Hall–Kier alpha value is -11.7. The lowest BCUT2D eigenvalue weighted by Crippen LogP contribution is -2.01. The summed E-state index contributed by atoms with van der Waals surface area (Å²) in [5.74, 6) is 0. The first-order chi connectivity index (χ1) is 42.7. The fraction of sp³-hybridized carbons (Fsp3) is 0. The molecule has 86 heavy (non-hydrogen) atoms. The van der Waals surface area contributed by atoms with Gasteiger partial charge in [0.05, 0.1) is 61.2 Å². The lowest BCUT2D eigenvalue weighted by molar-refractivity contribution is 1.16. The number of hydrogen-bond acceptors (Lipinski definition) is 3. The van der Waals surface area contributed by atoms with E-state index in [9.17, 15) is 0 Å². The summed E-state index contributed by atoms with van der Waals surface area (Å²) in [5, 5.41) is 9.70. The number of fused-ring (bicyclic) bond motifs is 13. The fourth-order valence-corrected chi connectivity index (χ4v) is 13.8. The van der Waals surface area contributed by atoms with Gasteiger partial charge in [-0.25, -0.2) is 9.97 Å². The molecule has 0 aliphatic carbocycles. The Morgan fingerprint density at radius 2 is 0.523 bits per heavy atom. The first-order valence-corrected chi connectivity index (χ1v) is 29.3. The number of para-hydroxylation sites is 6. The third-order valence-electron chi connectivity index (χ3n) is 17.6. The van der Waals surface area contributed by atoms with E-state index < -0.39 is 0 Å². The molecule has 0 aliphatic rings. The van der Waals surface area contributed by atoms with Gasteiger partial charge in [0.2, 0.25) is 0 Å². The van der Waals surface area contributed by atoms with E-state index in [4.69, 9.17) is 15.0 Å². The van der Waals surface area contributed by atoms with Gasteiger partial charge in [-0.1, -0.05) is 194 Å². The lowest BCUT2D eigenvalue weighted by atomic mass is 9.99. The Bertz CT molecular complexity index is 5320. The van der Waals surface area contributed by atoms with Crippen molar-refractivity contribution in [1.82, 2.24) is 33.2 Å². The molecule has 6 aromatic heterocycles. The Morgan fingerprint density at radius 1 is 0.209 bits per heavy atom. The molecule has 0 aliphatic heterocycles.